The number of aromatic nitrogens is 2. The summed E-state index contributed by atoms with van der Waals surface area (Å²) in [5.41, 5.74) is 1.52. The Labute approximate surface area is 166 Å². The Bertz CT molecular complexity index is 823. The first-order valence-corrected chi connectivity index (χ1v) is 9.53. The zero-order chi connectivity index (χ0) is 20.3. The summed E-state index contributed by atoms with van der Waals surface area (Å²) in [6, 6.07) is 9.67. The fraction of sp³-hybridized carbons (Fsp3) is 0.476. The molecular formula is C21H28N4O3. The van der Waals surface area contributed by atoms with E-state index in [-0.39, 0.29) is 6.09 Å². The number of piperazine rings is 1. The first-order valence-electron chi connectivity index (χ1n) is 9.53. The van der Waals surface area contributed by atoms with Crippen molar-refractivity contribution in [3.8, 4) is 11.6 Å². The van der Waals surface area contributed by atoms with Crippen LogP contribution in [0.1, 0.15) is 32.0 Å². The number of carbonyl (C=O) groups is 1. The van der Waals surface area contributed by atoms with Gasteiger partial charge in [0.15, 0.2) is 0 Å². The van der Waals surface area contributed by atoms with Crippen LogP contribution in [0.5, 0.6) is 11.6 Å². The average Bonchev–Trinajstić information content (AvgIpc) is 2.62. The molecule has 7 nitrogen and oxygen atoms in total. The third-order valence-corrected chi connectivity index (χ3v) is 4.28. The molecule has 0 saturated carbocycles. The van der Waals surface area contributed by atoms with Gasteiger partial charge in [0, 0.05) is 37.9 Å². The molecule has 1 aromatic heterocycles. The summed E-state index contributed by atoms with van der Waals surface area (Å²) < 4.78 is 11.3. The summed E-state index contributed by atoms with van der Waals surface area (Å²) in [7, 11) is 0. The molecule has 28 heavy (non-hydrogen) atoms. The number of hydrogen-bond acceptors (Lipinski definition) is 6. The molecule has 1 aliphatic heterocycles. The van der Waals surface area contributed by atoms with Crippen LogP contribution in [0.3, 0.4) is 0 Å². The summed E-state index contributed by atoms with van der Waals surface area (Å²) >= 11 is 0. The van der Waals surface area contributed by atoms with Crippen LogP contribution in [0.15, 0.2) is 30.3 Å². The van der Waals surface area contributed by atoms with Gasteiger partial charge in [0.1, 0.15) is 11.4 Å². The number of rotatable bonds is 3. The van der Waals surface area contributed by atoms with Gasteiger partial charge in [-0.05, 0) is 46.8 Å². The predicted octanol–water partition coefficient (Wildman–Crippen LogP) is 3.94. The van der Waals surface area contributed by atoms with E-state index in [1.807, 2.05) is 65.0 Å². The van der Waals surface area contributed by atoms with E-state index in [0.29, 0.717) is 38.0 Å². The Hall–Kier alpha value is -2.83. The maximum Gasteiger partial charge on any atom is 0.410 e. The highest BCUT2D eigenvalue weighted by Crippen LogP contribution is 2.23. The van der Waals surface area contributed by atoms with Crippen molar-refractivity contribution in [2.45, 2.75) is 40.2 Å². The van der Waals surface area contributed by atoms with E-state index in [1.54, 1.807) is 4.90 Å². The fourth-order valence-corrected chi connectivity index (χ4v) is 2.86. The highest BCUT2D eigenvalue weighted by Gasteiger charge is 2.27. The number of aryl methyl sites for hydroxylation is 2. The molecule has 1 aromatic carbocycles. The first-order chi connectivity index (χ1) is 13.2. The molecule has 0 aliphatic carbocycles. The van der Waals surface area contributed by atoms with E-state index in [2.05, 4.69) is 14.9 Å². The average molecular weight is 384 g/mol. The van der Waals surface area contributed by atoms with Crippen LogP contribution in [-0.4, -0.2) is 52.7 Å². The van der Waals surface area contributed by atoms with Gasteiger partial charge in [0.05, 0.1) is 0 Å². The van der Waals surface area contributed by atoms with E-state index in [4.69, 9.17) is 9.47 Å². The smallest absolute Gasteiger partial charge is 0.410 e. The third-order valence-electron chi connectivity index (χ3n) is 4.28. The predicted molar refractivity (Wildman–Crippen MR) is 108 cm³/mol. The van der Waals surface area contributed by atoms with Crippen LogP contribution in [0, 0.1) is 13.8 Å². The summed E-state index contributed by atoms with van der Waals surface area (Å²) in [4.78, 5) is 25.1. The molecule has 0 radical (unpaired) electrons. The van der Waals surface area contributed by atoms with Crippen molar-refractivity contribution in [2.24, 2.45) is 0 Å². The highest BCUT2D eigenvalue weighted by atomic mass is 16.6. The molecule has 1 amide bonds. The van der Waals surface area contributed by atoms with E-state index < -0.39 is 5.60 Å². The molecule has 150 valence electrons. The van der Waals surface area contributed by atoms with E-state index in [1.165, 1.54) is 5.56 Å². The number of benzene rings is 1. The van der Waals surface area contributed by atoms with Crippen LogP contribution in [0.25, 0.3) is 0 Å². The lowest BCUT2D eigenvalue weighted by molar-refractivity contribution is 0.0240. The van der Waals surface area contributed by atoms with Crippen LogP contribution >= 0.6 is 0 Å². The number of anilines is 1. The molecule has 0 unspecified atom stereocenters. The van der Waals surface area contributed by atoms with Crippen molar-refractivity contribution in [2.75, 3.05) is 31.1 Å². The molecule has 2 aromatic rings. The minimum absolute atomic E-state index is 0.277. The summed E-state index contributed by atoms with van der Waals surface area (Å²) in [5.74, 6) is 1.87. The molecule has 1 aliphatic rings. The van der Waals surface area contributed by atoms with Crippen molar-refractivity contribution in [3.63, 3.8) is 0 Å². The van der Waals surface area contributed by atoms with Crippen molar-refractivity contribution in [1.29, 1.82) is 0 Å². The first kappa shape index (κ1) is 19.9. The van der Waals surface area contributed by atoms with E-state index in [9.17, 15) is 4.79 Å². The number of ether oxygens (including phenoxy) is 2. The maximum atomic E-state index is 12.2. The summed E-state index contributed by atoms with van der Waals surface area (Å²) in [5, 5.41) is 0. The van der Waals surface area contributed by atoms with Crippen LogP contribution in [0.2, 0.25) is 0 Å². The quantitative estimate of drug-likeness (QED) is 0.798. The Kier molecular flexibility index (Phi) is 5.72. The second kappa shape index (κ2) is 8.04. The van der Waals surface area contributed by atoms with Gasteiger partial charge in [-0.2, -0.15) is 4.98 Å². The second-order valence-electron chi connectivity index (χ2n) is 8.02. The molecule has 0 atom stereocenters. The number of nitrogens with zero attached hydrogens (tertiary/aromatic N) is 4. The van der Waals surface area contributed by atoms with Gasteiger partial charge < -0.3 is 19.3 Å². The zero-order valence-electron chi connectivity index (χ0n) is 17.2. The monoisotopic (exact) mass is 384 g/mol. The van der Waals surface area contributed by atoms with Crippen molar-refractivity contribution in [1.82, 2.24) is 14.9 Å². The van der Waals surface area contributed by atoms with Gasteiger partial charge in [0.2, 0.25) is 11.8 Å². The van der Waals surface area contributed by atoms with Gasteiger partial charge in [-0.25, -0.2) is 9.78 Å². The molecule has 3 rings (SSSR count). The van der Waals surface area contributed by atoms with Crippen molar-refractivity contribution >= 4 is 12.0 Å². The highest BCUT2D eigenvalue weighted by molar-refractivity contribution is 5.68. The van der Waals surface area contributed by atoms with Gasteiger partial charge in [-0.1, -0.05) is 17.7 Å². The Morgan fingerprint density at radius 1 is 1.00 bits per heavy atom. The Morgan fingerprint density at radius 3 is 2.25 bits per heavy atom. The molecule has 7 heteroatoms. The zero-order valence-corrected chi connectivity index (χ0v) is 17.2. The summed E-state index contributed by atoms with van der Waals surface area (Å²) in [6.07, 6.45) is -0.277. The van der Waals surface area contributed by atoms with Gasteiger partial charge in [-0.15, -0.1) is 0 Å². The Balaban J connectivity index is 1.65. The van der Waals surface area contributed by atoms with E-state index in [0.717, 1.165) is 11.4 Å². The summed E-state index contributed by atoms with van der Waals surface area (Å²) in [6.45, 7) is 12.0. The normalized spacial score (nSPS) is 14.8. The lowest BCUT2D eigenvalue weighted by atomic mass is 10.2. The van der Waals surface area contributed by atoms with Gasteiger partial charge in [0.25, 0.3) is 0 Å². The molecule has 1 fully saturated rings. The minimum Gasteiger partial charge on any atom is -0.444 e. The topological polar surface area (TPSA) is 67.8 Å². The van der Waals surface area contributed by atoms with Crippen molar-refractivity contribution in [3.05, 3.63) is 41.6 Å². The molecular weight excluding hydrogens is 356 g/mol. The molecule has 2 heterocycles. The van der Waals surface area contributed by atoms with Crippen LogP contribution in [0.4, 0.5) is 10.7 Å². The molecule has 0 N–H and O–H groups in total. The number of carbonyl (C=O) groups excluding carboxylic acids is 1. The third kappa shape index (κ3) is 5.34. The molecule has 0 spiro atoms. The minimum atomic E-state index is -0.490. The lowest BCUT2D eigenvalue weighted by Gasteiger charge is -2.35. The Morgan fingerprint density at radius 2 is 1.64 bits per heavy atom. The van der Waals surface area contributed by atoms with Crippen molar-refractivity contribution < 1.29 is 14.3 Å². The SMILES string of the molecule is Cc1ccc(Oc2cc(C)nc(N3CCN(C(=O)OC(C)(C)C)CC3)n2)cc1. The fourth-order valence-electron chi connectivity index (χ4n) is 2.86. The van der Waals surface area contributed by atoms with Crippen LogP contribution in [-0.2, 0) is 4.74 Å². The maximum absolute atomic E-state index is 12.2. The molecule has 1 saturated heterocycles. The second-order valence-corrected chi connectivity index (χ2v) is 8.02. The standard InChI is InChI=1S/C21H28N4O3/c1-15-6-8-17(9-7-15)27-18-14-16(2)22-19(23-18)24-10-12-25(13-11-24)20(26)28-21(3,4)5/h6-9,14H,10-13H2,1-5H3. The van der Waals surface area contributed by atoms with Crippen LogP contribution < -0.4 is 9.64 Å². The molecule has 0 bridgehead atoms. The largest absolute Gasteiger partial charge is 0.444 e. The van der Waals surface area contributed by atoms with Gasteiger partial charge in [-0.3, -0.25) is 0 Å². The lowest BCUT2D eigenvalue weighted by Crippen LogP contribution is -2.50. The van der Waals surface area contributed by atoms with E-state index >= 15 is 0 Å². The van der Waals surface area contributed by atoms with Gasteiger partial charge >= 0.3 is 6.09 Å². The number of hydrogen-bond donors (Lipinski definition) is 0. The number of amides is 1.